The summed E-state index contributed by atoms with van der Waals surface area (Å²) >= 11 is 0. The first-order chi connectivity index (χ1) is 8.26. The predicted octanol–water partition coefficient (Wildman–Crippen LogP) is 4.08. The molecule has 0 saturated carbocycles. The molecule has 0 saturated heterocycles. The molecule has 17 heavy (non-hydrogen) atoms. The van der Waals surface area contributed by atoms with Gasteiger partial charge < -0.3 is 0 Å². The summed E-state index contributed by atoms with van der Waals surface area (Å²) in [5.41, 5.74) is 3.88. The van der Waals surface area contributed by atoms with E-state index < -0.39 is 0 Å². The average Bonchev–Trinajstić information content (AvgIpc) is 2.38. The Morgan fingerprint density at radius 1 is 1.12 bits per heavy atom. The van der Waals surface area contributed by atoms with Crippen LogP contribution in [0, 0.1) is 24.8 Å². The maximum absolute atomic E-state index is 9.07. The first-order valence-electron chi connectivity index (χ1n) is 5.24. The third kappa shape index (κ3) is 2.02. The molecular weight excluding hydrogens is 208 g/mol. The van der Waals surface area contributed by atoms with Gasteiger partial charge in [0, 0.05) is 0 Å². The molecule has 2 aromatic carbocycles. The van der Waals surface area contributed by atoms with Gasteiger partial charge >= 0.3 is 0 Å². The van der Waals surface area contributed by atoms with E-state index >= 15 is 0 Å². The first-order valence-corrected chi connectivity index (χ1v) is 5.24. The molecule has 2 rings (SSSR count). The number of hydrogen-bond acceptors (Lipinski definition) is 1. The highest BCUT2D eigenvalue weighted by Gasteiger charge is 2.08. The third-order valence-electron chi connectivity index (χ3n) is 2.61. The van der Waals surface area contributed by atoms with E-state index in [1.54, 1.807) is 6.07 Å². The molecule has 80 valence electrons. The minimum Gasteiger partial charge on any atom is -0.238 e. The predicted molar refractivity (Wildman–Crippen MR) is 67.6 cm³/mol. The number of nitriles is 1. The average molecular weight is 218 g/mol. The molecule has 2 heteroatoms. The Hall–Kier alpha value is -2.58. The van der Waals surface area contributed by atoms with Crippen molar-refractivity contribution in [3.8, 4) is 17.2 Å². The van der Waals surface area contributed by atoms with Crippen LogP contribution < -0.4 is 0 Å². The Morgan fingerprint density at radius 3 is 2.59 bits per heavy atom. The van der Waals surface area contributed by atoms with Crippen molar-refractivity contribution in [1.29, 1.82) is 5.26 Å². The molecule has 2 aromatic rings. The molecule has 0 radical (unpaired) electrons. The zero-order valence-electron chi connectivity index (χ0n) is 9.44. The lowest BCUT2D eigenvalue weighted by Crippen LogP contribution is -1.84. The summed E-state index contributed by atoms with van der Waals surface area (Å²) in [7, 11) is 0. The van der Waals surface area contributed by atoms with Gasteiger partial charge in [0.1, 0.15) is 0 Å². The Labute approximate surface area is 101 Å². The van der Waals surface area contributed by atoms with E-state index in [0.29, 0.717) is 11.3 Å². The number of benzene rings is 2. The van der Waals surface area contributed by atoms with E-state index in [1.165, 1.54) is 0 Å². The van der Waals surface area contributed by atoms with Gasteiger partial charge in [0.2, 0.25) is 0 Å². The van der Waals surface area contributed by atoms with Gasteiger partial charge in [0.05, 0.1) is 18.2 Å². The fourth-order valence-electron chi connectivity index (χ4n) is 1.78. The van der Waals surface area contributed by atoms with Crippen molar-refractivity contribution in [3.05, 3.63) is 65.0 Å². The summed E-state index contributed by atoms with van der Waals surface area (Å²) in [4.78, 5) is 3.52. The van der Waals surface area contributed by atoms with Gasteiger partial charge in [0.15, 0.2) is 5.69 Å². The van der Waals surface area contributed by atoms with Crippen molar-refractivity contribution in [2.45, 2.75) is 6.92 Å². The molecule has 0 heterocycles. The second kappa shape index (κ2) is 4.51. The minimum absolute atomic E-state index is 0.590. The van der Waals surface area contributed by atoms with Crippen molar-refractivity contribution < 1.29 is 0 Å². The minimum atomic E-state index is 0.590. The zero-order chi connectivity index (χ0) is 12.3. The van der Waals surface area contributed by atoms with E-state index in [2.05, 4.69) is 10.9 Å². The van der Waals surface area contributed by atoms with E-state index in [-0.39, 0.29) is 0 Å². The number of aryl methyl sites for hydroxylation is 1. The molecule has 0 bridgehead atoms. The normalized spacial score (nSPS) is 9.35. The molecule has 0 aliphatic heterocycles. The van der Waals surface area contributed by atoms with Gasteiger partial charge in [-0.1, -0.05) is 42.0 Å². The van der Waals surface area contributed by atoms with Gasteiger partial charge in [-0.25, -0.2) is 4.85 Å². The summed E-state index contributed by atoms with van der Waals surface area (Å²) in [5, 5.41) is 9.07. The van der Waals surface area contributed by atoms with Crippen LogP contribution in [0.1, 0.15) is 11.1 Å². The standard InChI is InChI=1S/C15H10N2/c1-11-7-8-14(15(9-11)17-2)13-6-4-3-5-12(13)10-16/h3-9H,1H3. The fraction of sp³-hybridized carbons (Fsp3) is 0.0667. The van der Waals surface area contributed by atoms with Gasteiger partial charge in [-0.15, -0.1) is 0 Å². The van der Waals surface area contributed by atoms with Gasteiger partial charge in [-0.2, -0.15) is 5.26 Å². The maximum atomic E-state index is 9.07. The quantitative estimate of drug-likeness (QED) is 0.663. The Bertz CT molecular complexity index is 643. The van der Waals surface area contributed by atoms with Crippen LogP contribution in [0.4, 0.5) is 5.69 Å². The van der Waals surface area contributed by atoms with Crippen LogP contribution in [0.2, 0.25) is 0 Å². The number of rotatable bonds is 1. The lowest BCUT2D eigenvalue weighted by molar-refractivity contribution is 1.45. The maximum Gasteiger partial charge on any atom is 0.195 e. The van der Waals surface area contributed by atoms with Crippen molar-refractivity contribution in [2.24, 2.45) is 0 Å². The summed E-state index contributed by atoms with van der Waals surface area (Å²) in [6.07, 6.45) is 0. The first kappa shape index (κ1) is 10.9. The van der Waals surface area contributed by atoms with Gasteiger partial charge in [-0.3, -0.25) is 0 Å². The van der Waals surface area contributed by atoms with Crippen molar-refractivity contribution in [1.82, 2.24) is 0 Å². The molecule has 0 N–H and O–H groups in total. The number of hydrogen-bond donors (Lipinski definition) is 0. The molecule has 0 aliphatic carbocycles. The van der Waals surface area contributed by atoms with Crippen LogP contribution in [0.5, 0.6) is 0 Å². The highest BCUT2D eigenvalue weighted by molar-refractivity contribution is 5.82. The smallest absolute Gasteiger partial charge is 0.195 e. The molecule has 0 fully saturated rings. The molecule has 2 nitrogen and oxygen atoms in total. The van der Waals surface area contributed by atoms with Crippen LogP contribution in [0.25, 0.3) is 16.0 Å². The molecule has 0 unspecified atom stereocenters. The zero-order valence-corrected chi connectivity index (χ0v) is 9.44. The molecule has 0 aromatic heterocycles. The molecule has 0 atom stereocenters. The SMILES string of the molecule is [C-]#[N+]c1cc(C)ccc1-c1ccccc1C#N. The highest BCUT2D eigenvalue weighted by Crippen LogP contribution is 2.33. The van der Waals surface area contributed by atoms with Gasteiger partial charge in [0.25, 0.3) is 0 Å². The number of nitrogens with zero attached hydrogens (tertiary/aromatic N) is 2. The van der Waals surface area contributed by atoms with E-state index in [0.717, 1.165) is 16.7 Å². The Balaban J connectivity index is 2.70. The summed E-state index contributed by atoms with van der Waals surface area (Å²) in [6.45, 7) is 9.15. The molecular formula is C15H10N2. The van der Waals surface area contributed by atoms with Crippen LogP contribution >= 0.6 is 0 Å². The van der Waals surface area contributed by atoms with Crippen LogP contribution in [0.3, 0.4) is 0 Å². The second-order valence-corrected chi connectivity index (χ2v) is 3.79. The monoisotopic (exact) mass is 218 g/mol. The highest BCUT2D eigenvalue weighted by atomic mass is 14.6. The van der Waals surface area contributed by atoms with Gasteiger partial charge in [-0.05, 0) is 24.1 Å². The van der Waals surface area contributed by atoms with Crippen molar-refractivity contribution in [3.63, 3.8) is 0 Å². The molecule has 0 spiro atoms. The van der Waals surface area contributed by atoms with Crippen LogP contribution in [-0.4, -0.2) is 0 Å². The summed E-state index contributed by atoms with van der Waals surface area (Å²) in [6, 6.07) is 15.2. The lowest BCUT2D eigenvalue weighted by Gasteiger charge is -2.07. The lowest BCUT2D eigenvalue weighted by atomic mass is 9.98. The Kier molecular flexibility index (Phi) is 2.90. The molecule has 0 aliphatic rings. The van der Waals surface area contributed by atoms with E-state index in [9.17, 15) is 0 Å². The second-order valence-electron chi connectivity index (χ2n) is 3.79. The third-order valence-corrected chi connectivity index (χ3v) is 2.61. The largest absolute Gasteiger partial charge is 0.238 e. The van der Waals surface area contributed by atoms with Crippen LogP contribution in [0.15, 0.2) is 42.5 Å². The summed E-state index contributed by atoms with van der Waals surface area (Å²) < 4.78 is 0. The van der Waals surface area contributed by atoms with Crippen LogP contribution in [-0.2, 0) is 0 Å². The Morgan fingerprint density at radius 2 is 1.88 bits per heavy atom. The molecule has 0 amide bonds. The van der Waals surface area contributed by atoms with Crippen molar-refractivity contribution in [2.75, 3.05) is 0 Å². The summed E-state index contributed by atoms with van der Waals surface area (Å²) in [5.74, 6) is 0. The van der Waals surface area contributed by atoms with Crippen molar-refractivity contribution >= 4 is 5.69 Å². The fourth-order valence-corrected chi connectivity index (χ4v) is 1.78. The van der Waals surface area contributed by atoms with E-state index in [1.807, 2.05) is 43.3 Å². The van der Waals surface area contributed by atoms with E-state index in [4.69, 9.17) is 11.8 Å². The topological polar surface area (TPSA) is 28.1 Å².